The molecule has 3 unspecified atom stereocenters. The summed E-state index contributed by atoms with van der Waals surface area (Å²) in [5, 5.41) is 16.8. The number of ether oxygens (including phenoxy) is 2. The first kappa shape index (κ1) is 30.6. The highest BCUT2D eigenvalue weighted by molar-refractivity contribution is 9.09. The minimum atomic E-state index is -1.30. The van der Waals surface area contributed by atoms with Crippen molar-refractivity contribution in [2.24, 2.45) is 11.8 Å². The van der Waals surface area contributed by atoms with Crippen molar-refractivity contribution in [1.82, 2.24) is 4.90 Å². The van der Waals surface area contributed by atoms with Crippen LogP contribution in [0.5, 0.6) is 5.75 Å². The molecule has 3 aliphatic rings. The van der Waals surface area contributed by atoms with E-state index in [1.165, 1.54) is 4.90 Å². The third kappa shape index (κ3) is 5.38. The van der Waals surface area contributed by atoms with Crippen LogP contribution >= 0.6 is 27.5 Å². The fourth-order valence-corrected chi connectivity index (χ4v) is 8.11. The Morgan fingerprint density at radius 2 is 1.77 bits per heavy atom. The molecule has 3 aromatic carbocycles. The van der Waals surface area contributed by atoms with Gasteiger partial charge in [0.05, 0.1) is 47.9 Å². The Morgan fingerprint density at radius 3 is 2.45 bits per heavy atom. The zero-order chi connectivity index (χ0) is 31.0. The molecule has 44 heavy (non-hydrogen) atoms. The highest BCUT2D eigenvalue weighted by Crippen LogP contribution is 2.60. The number of carbonyl (C=O) groups is 3. The summed E-state index contributed by atoms with van der Waals surface area (Å²) in [5.74, 6) is -2.39. The molecule has 3 amide bonds. The molecule has 3 fully saturated rings. The van der Waals surface area contributed by atoms with Gasteiger partial charge in [-0.1, -0.05) is 70.0 Å². The summed E-state index contributed by atoms with van der Waals surface area (Å²) in [7, 11) is 0. The van der Waals surface area contributed by atoms with Crippen LogP contribution in [0.15, 0.2) is 78.9 Å². The molecule has 0 saturated carbocycles. The number of carbonyl (C=O) groups excluding carboxylic acids is 3. The number of benzene rings is 3. The Kier molecular flexibility index (Phi) is 8.70. The average molecular weight is 683 g/mol. The number of halogens is 2. The highest BCUT2D eigenvalue weighted by Gasteiger charge is 2.77. The molecule has 3 aromatic rings. The number of aliphatic hydroxyl groups excluding tert-OH is 1. The van der Waals surface area contributed by atoms with Crippen LogP contribution < -0.4 is 15.4 Å². The molecule has 3 N–H and O–H groups in total. The number of nitrogens with one attached hydrogen (secondary N) is 2. The predicted molar refractivity (Wildman–Crippen MR) is 170 cm³/mol. The van der Waals surface area contributed by atoms with E-state index in [-0.39, 0.29) is 17.3 Å². The molecule has 6 rings (SSSR count). The van der Waals surface area contributed by atoms with Crippen LogP contribution in [0.4, 0.5) is 11.4 Å². The number of amides is 3. The molecule has 3 aliphatic heterocycles. The van der Waals surface area contributed by atoms with Crippen LogP contribution in [0.1, 0.15) is 18.9 Å². The van der Waals surface area contributed by atoms with E-state index in [9.17, 15) is 19.5 Å². The minimum absolute atomic E-state index is 0.278. The van der Waals surface area contributed by atoms with Gasteiger partial charge in [-0.2, -0.15) is 0 Å². The molecule has 1 spiro atoms. The molecule has 9 nitrogen and oxygen atoms in total. The van der Waals surface area contributed by atoms with Crippen molar-refractivity contribution in [2.45, 2.75) is 48.4 Å². The second-order valence-electron chi connectivity index (χ2n) is 11.4. The van der Waals surface area contributed by atoms with E-state index in [2.05, 4.69) is 26.6 Å². The molecule has 3 heterocycles. The lowest BCUT2D eigenvalue weighted by Crippen LogP contribution is -2.57. The van der Waals surface area contributed by atoms with Crippen LogP contribution in [-0.2, 0) is 25.5 Å². The second kappa shape index (κ2) is 12.5. The number of rotatable bonds is 10. The summed E-state index contributed by atoms with van der Waals surface area (Å²) in [4.78, 5) is 43.8. The van der Waals surface area contributed by atoms with Crippen molar-refractivity contribution < 1.29 is 29.0 Å². The lowest BCUT2D eigenvalue weighted by molar-refractivity contribution is -0.143. The van der Waals surface area contributed by atoms with Crippen molar-refractivity contribution in [3.05, 3.63) is 89.4 Å². The fraction of sp³-hybridized carbons (Fsp3) is 0.364. The number of para-hydroxylation sites is 1. The quantitative estimate of drug-likeness (QED) is 0.268. The van der Waals surface area contributed by atoms with E-state index >= 15 is 0 Å². The molecule has 0 aromatic heterocycles. The van der Waals surface area contributed by atoms with Gasteiger partial charge in [-0.3, -0.25) is 14.4 Å². The van der Waals surface area contributed by atoms with Crippen LogP contribution in [0.25, 0.3) is 0 Å². The van der Waals surface area contributed by atoms with Crippen LogP contribution in [0, 0.1) is 11.8 Å². The van der Waals surface area contributed by atoms with Gasteiger partial charge < -0.3 is 30.1 Å². The van der Waals surface area contributed by atoms with Gasteiger partial charge in [0.1, 0.15) is 17.4 Å². The molecular weight excluding hydrogens is 650 g/mol. The molecule has 7 atom stereocenters. The van der Waals surface area contributed by atoms with E-state index in [4.69, 9.17) is 21.1 Å². The van der Waals surface area contributed by atoms with Crippen molar-refractivity contribution in [1.29, 1.82) is 0 Å². The van der Waals surface area contributed by atoms with Gasteiger partial charge in [0.2, 0.25) is 17.7 Å². The Bertz CT molecular complexity index is 1540. The Morgan fingerprint density at radius 1 is 1.07 bits per heavy atom. The highest BCUT2D eigenvalue weighted by atomic mass is 79.9. The molecule has 3 saturated heterocycles. The summed E-state index contributed by atoms with van der Waals surface area (Å²) in [6, 6.07) is 21.5. The maximum Gasteiger partial charge on any atom is 0.250 e. The van der Waals surface area contributed by atoms with Crippen molar-refractivity contribution in [3.8, 4) is 5.75 Å². The van der Waals surface area contributed by atoms with Gasteiger partial charge in [0, 0.05) is 10.5 Å². The molecule has 2 bridgehead atoms. The first-order chi connectivity index (χ1) is 21.3. The number of fused-ring (bicyclic) bond motifs is 1. The standard InChI is InChI=1S/C33H33BrClN3O6/c1-2-43-22-14-12-20(13-15-22)36-30(40)26-27-32(42)38(21(18-39)16-19-8-4-3-5-9-19)29(33(27)17-23(34)28(26)44-33)31(41)37-25-11-7-6-10-24(25)35/h3-15,21,23,26-29,39H,2,16-18H2,1H3,(H,36,40)(H,37,41)/t21-,23?,26+,27+,28+,29?,33?/m1/s1. The van der Waals surface area contributed by atoms with E-state index in [1.807, 2.05) is 37.3 Å². The molecule has 230 valence electrons. The number of hydrogen-bond donors (Lipinski definition) is 3. The summed E-state index contributed by atoms with van der Waals surface area (Å²) in [6.07, 6.45) is 0.0131. The van der Waals surface area contributed by atoms with E-state index in [1.54, 1.807) is 48.5 Å². The zero-order valence-electron chi connectivity index (χ0n) is 24.0. The summed E-state index contributed by atoms with van der Waals surface area (Å²) in [6.45, 7) is 2.03. The van der Waals surface area contributed by atoms with Gasteiger partial charge in [-0.25, -0.2) is 0 Å². The third-order valence-corrected chi connectivity index (χ3v) is 9.94. The summed E-state index contributed by atoms with van der Waals surface area (Å²) >= 11 is 10.1. The monoisotopic (exact) mass is 681 g/mol. The Hall–Kier alpha value is -3.44. The largest absolute Gasteiger partial charge is 0.494 e. The summed E-state index contributed by atoms with van der Waals surface area (Å²) < 4.78 is 12.1. The number of hydrogen-bond acceptors (Lipinski definition) is 6. The zero-order valence-corrected chi connectivity index (χ0v) is 26.3. The minimum Gasteiger partial charge on any atom is -0.494 e. The number of alkyl halides is 1. The maximum atomic E-state index is 14.5. The molecule has 0 radical (unpaired) electrons. The van der Waals surface area contributed by atoms with Gasteiger partial charge in [0.25, 0.3) is 0 Å². The molecule has 0 aliphatic carbocycles. The van der Waals surface area contributed by atoms with Crippen LogP contribution in [-0.4, -0.2) is 69.6 Å². The first-order valence-corrected chi connectivity index (χ1v) is 15.9. The molecule has 11 heteroatoms. The topological polar surface area (TPSA) is 117 Å². The number of anilines is 2. The smallest absolute Gasteiger partial charge is 0.250 e. The third-order valence-electron chi connectivity index (χ3n) is 8.76. The van der Waals surface area contributed by atoms with Gasteiger partial charge in [-0.15, -0.1) is 0 Å². The molecular formula is C33H33BrClN3O6. The van der Waals surface area contributed by atoms with E-state index in [0.29, 0.717) is 41.6 Å². The summed E-state index contributed by atoms with van der Waals surface area (Å²) in [5.41, 5.74) is 0.538. The van der Waals surface area contributed by atoms with Crippen molar-refractivity contribution >= 4 is 56.6 Å². The second-order valence-corrected chi connectivity index (χ2v) is 12.9. The van der Waals surface area contributed by atoms with Gasteiger partial charge >= 0.3 is 0 Å². The first-order valence-electron chi connectivity index (χ1n) is 14.7. The lowest BCUT2D eigenvalue weighted by atomic mass is 9.70. The van der Waals surface area contributed by atoms with Gasteiger partial charge in [-0.05, 0) is 61.7 Å². The number of likely N-dealkylation sites (tertiary alicyclic amines) is 1. The van der Waals surface area contributed by atoms with Crippen LogP contribution in [0.2, 0.25) is 5.02 Å². The van der Waals surface area contributed by atoms with Gasteiger partial charge in [0.15, 0.2) is 0 Å². The van der Waals surface area contributed by atoms with Crippen LogP contribution in [0.3, 0.4) is 0 Å². The van der Waals surface area contributed by atoms with Crippen molar-refractivity contribution in [3.63, 3.8) is 0 Å². The fourth-order valence-electron chi connectivity index (χ4n) is 6.99. The number of nitrogens with zero attached hydrogens (tertiary/aromatic N) is 1. The Balaban J connectivity index is 1.36. The normalized spacial score (nSPS) is 27.6. The van der Waals surface area contributed by atoms with E-state index in [0.717, 1.165) is 5.56 Å². The average Bonchev–Trinajstić information content (AvgIpc) is 3.62. The Labute approximate surface area is 269 Å². The van der Waals surface area contributed by atoms with Crippen molar-refractivity contribution in [2.75, 3.05) is 23.8 Å². The lowest BCUT2D eigenvalue weighted by Gasteiger charge is -2.37. The maximum absolute atomic E-state index is 14.5. The number of aliphatic hydroxyl groups is 1. The van der Waals surface area contributed by atoms with E-state index < -0.39 is 47.4 Å². The predicted octanol–water partition coefficient (Wildman–Crippen LogP) is 4.67. The SMILES string of the molecule is CCOc1ccc(NC(=O)[C@H]2[C@H]3C(=O)N([C@@H](CO)Cc4ccccc4)C(C(=O)Nc4ccccc4Cl)C34CC(Br)[C@@H]2O4)cc1.